The van der Waals surface area contributed by atoms with Crippen molar-refractivity contribution in [3.8, 4) is 0 Å². The van der Waals surface area contributed by atoms with Crippen LogP contribution < -0.4 is 10.6 Å². The molecule has 2 rings (SSSR count). The first-order valence-electron chi connectivity index (χ1n) is 7.97. The summed E-state index contributed by atoms with van der Waals surface area (Å²) >= 11 is 0. The fourth-order valence-corrected chi connectivity index (χ4v) is 2.64. The van der Waals surface area contributed by atoms with Crippen LogP contribution in [0.5, 0.6) is 0 Å². The minimum atomic E-state index is 0.579. The van der Waals surface area contributed by atoms with Crippen molar-refractivity contribution in [3.05, 3.63) is 35.9 Å². The minimum absolute atomic E-state index is 0.579. The Bertz CT molecular complexity index is 413. The molecule has 4 heteroatoms. The zero-order chi connectivity index (χ0) is 14.8. The van der Waals surface area contributed by atoms with E-state index in [1.54, 1.807) is 0 Å². The van der Waals surface area contributed by atoms with Crippen LogP contribution in [0.4, 0.5) is 0 Å². The van der Waals surface area contributed by atoms with E-state index in [1.165, 1.54) is 37.7 Å². The van der Waals surface area contributed by atoms with Gasteiger partial charge in [0, 0.05) is 19.6 Å². The highest BCUT2D eigenvalue weighted by atomic mass is 16.5. The summed E-state index contributed by atoms with van der Waals surface area (Å²) in [4.78, 5) is 4.28. The van der Waals surface area contributed by atoms with Crippen LogP contribution in [0, 0.1) is 0 Å². The number of hydrogen-bond donors (Lipinski definition) is 2. The fraction of sp³-hybridized carbons (Fsp3) is 0.588. The predicted octanol–water partition coefficient (Wildman–Crippen LogP) is 2.70. The van der Waals surface area contributed by atoms with E-state index in [-0.39, 0.29) is 0 Å². The van der Waals surface area contributed by atoms with Crippen LogP contribution >= 0.6 is 0 Å². The van der Waals surface area contributed by atoms with Gasteiger partial charge in [0.15, 0.2) is 5.96 Å². The zero-order valence-electron chi connectivity index (χ0n) is 13.0. The first kappa shape index (κ1) is 15.8. The van der Waals surface area contributed by atoms with Crippen molar-refractivity contribution < 1.29 is 4.74 Å². The van der Waals surface area contributed by atoms with Gasteiger partial charge in [0.25, 0.3) is 0 Å². The molecular formula is C17H27N3O. The molecule has 0 atom stereocenters. The molecule has 116 valence electrons. The van der Waals surface area contributed by atoms with Gasteiger partial charge < -0.3 is 15.4 Å². The molecule has 1 aliphatic carbocycles. The maximum atomic E-state index is 5.66. The smallest absolute Gasteiger partial charge is 0.191 e. The number of ether oxygens (including phenoxy) is 1. The lowest BCUT2D eigenvalue weighted by Crippen LogP contribution is -2.45. The summed E-state index contributed by atoms with van der Waals surface area (Å²) in [5.41, 5.74) is 1.21. The van der Waals surface area contributed by atoms with Crippen LogP contribution in [0.25, 0.3) is 0 Å². The lowest BCUT2D eigenvalue weighted by molar-refractivity contribution is 0.125. The average Bonchev–Trinajstić information content (AvgIpc) is 2.55. The van der Waals surface area contributed by atoms with Crippen LogP contribution in [0.2, 0.25) is 0 Å². The molecule has 0 aliphatic heterocycles. The average molecular weight is 289 g/mol. The van der Waals surface area contributed by atoms with Crippen molar-refractivity contribution in [2.24, 2.45) is 4.99 Å². The third kappa shape index (κ3) is 6.17. The molecule has 0 amide bonds. The Labute approximate surface area is 128 Å². The van der Waals surface area contributed by atoms with E-state index in [9.17, 15) is 0 Å². The normalized spacial score (nSPS) is 16.7. The first-order valence-corrected chi connectivity index (χ1v) is 7.97. The van der Waals surface area contributed by atoms with Gasteiger partial charge in [-0.3, -0.25) is 4.99 Å². The maximum absolute atomic E-state index is 5.66. The molecule has 21 heavy (non-hydrogen) atoms. The first-order chi connectivity index (χ1) is 10.4. The highest BCUT2D eigenvalue weighted by Gasteiger charge is 2.13. The molecule has 1 aromatic carbocycles. The minimum Gasteiger partial charge on any atom is -0.375 e. The van der Waals surface area contributed by atoms with Crippen molar-refractivity contribution in [1.29, 1.82) is 0 Å². The lowest BCUT2D eigenvalue weighted by Gasteiger charge is -2.24. The molecule has 1 saturated carbocycles. The summed E-state index contributed by atoms with van der Waals surface area (Å²) in [7, 11) is 1.82. The van der Waals surface area contributed by atoms with Crippen molar-refractivity contribution in [2.75, 3.05) is 20.2 Å². The highest BCUT2D eigenvalue weighted by Crippen LogP contribution is 2.17. The highest BCUT2D eigenvalue weighted by molar-refractivity contribution is 5.79. The van der Waals surface area contributed by atoms with Gasteiger partial charge in [0.2, 0.25) is 0 Å². The predicted molar refractivity (Wildman–Crippen MR) is 87.5 cm³/mol. The Hall–Kier alpha value is -1.55. The van der Waals surface area contributed by atoms with E-state index >= 15 is 0 Å². The van der Waals surface area contributed by atoms with E-state index in [2.05, 4.69) is 27.8 Å². The van der Waals surface area contributed by atoms with Crippen LogP contribution in [-0.4, -0.2) is 32.2 Å². The largest absolute Gasteiger partial charge is 0.375 e. The summed E-state index contributed by atoms with van der Waals surface area (Å²) in [6.07, 6.45) is 6.54. The van der Waals surface area contributed by atoms with Gasteiger partial charge in [-0.1, -0.05) is 49.6 Å². The van der Waals surface area contributed by atoms with E-state index in [4.69, 9.17) is 4.74 Å². The summed E-state index contributed by atoms with van der Waals surface area (Å²) in [5, 5.41) is 6.81. The number of guanidine groups is 1. The van der Waals surface area contributed by atoms with Gasteiger partial charge in [-0.05, 0) is 18.4 Å². The second kappa shape index (κ2) is 9.40. The summed E-state index contributed by atoms with van der Waals surface area (Å²) in [6.45, 7) is 2.12. The SMILES string of the molecule is CN=C(NCCOCc1ccccc1)NC1CCCCC1. The molecule has 1 aromatic rings. The van der Waals surface area contributed by atoms with E-state index < -0.39 is 0 Å². The van der Waals surface area contributed by atoms with Crippen molar-refractivity contribution in [2.45, 2.75) is 44.8 Å². The van der Waals surface area contributed by atoms with Gasteiger partial charge in [0.1, 0.15) is 0 Å². The fourth-order valence-electron chi connectivity index (χ4n) is 2.64. The summed E-state index contributed by atoms with van der Waals surface area (Å²) in [5.74, 6) is 0.894. The molecule has 1 aliphatic rings. The van der Waals surface area contributed by atoms with Gasteiger partial charge in [-0.15, -0.1) is 0 Å². The molecular weight excluding hydrogens is 262 g/mol. The van der Waals surface area contributed by atoms with Gasteiger partial charge in [-0.2, -0.15) is 0 Å². The Kier molecular flexibility index (Phi) is 7.08. The van der Waals surface area contributed by atoms with E-state index in [0.29, 0.717) is 19.3 Å². The second-order valence-corrected chi connectivity index (χ2v) is 5.52. The summed E-state index contributed by atoms with van der Waals surface area (Å²) in [6, 6.07) is 10.8. The molecule has 0 spiro atoms. The molecule has 1 fully saturated rings. The van der Waals surface area contributed by atoms with Crippen molar-refractivity contribution >= 4 is 5.96 Å². The van der Waals surface area contributed by atoms with Crippen LogP contribution in [0.15, 0.2) is 35.3 Å². The molecule has 0 bridgehead atoms. The number of hydrogen-bond acceptors (Lipinski definition) is 2. The number of nitrogens with one attached hydrogen (secondary N) is 2. The standard InChI is InChI=1S/C17H27N3O/c1-18-17(20-16-10-6-3-7-11-16)19-12-13-21-14-15-8-4-2-5-9-15/h2,4-5,8-9,16H,3,6-7,10-14H2,1H3,(H2,18,19,20). The van der Waals surface area contributed by atoms with Crippen molar-refractivity contribution in [3.63, 3.8) is 0 Å². The van der Waals surface area contributed by atoms with E-state index in [0.717, 1.165) is 12.5 Å². The number of rotatable bonds is 6. The number of nitrogens with zero attached hydrogens (tertiary/aromatic N) is 1. The lowest BCUT2D eigenvalue weighted by atomic mass is 9.96. The topological polar surface area (TPSA) is 45.7 Å². The number of benzene rings is 1. The Morgan fingerprint density at radius 2 is 1.95 bits per heavy atom. The number of aliphatic imine (C=N–C) groups is 1. The third-order valence-corrected chi connectivity index (χ3v) is 3.82. The van der Waals surface area contributed by atoms with Crippen LogP contribution in [-0.2, 0) is 11.3 Å². The monoisotopic (exact) mass is 289 g/mol. The quantitative estimate of drug-likeness (QED) is 0.481. The third-order valence-electron chi connectivity index (χ3n) is 3.82. The molecule has 4 nitrogen and oxygen atoms in total. The zero-order valence-corrected chi connectivity index (χ0v) is 13.0. The summed E-state index contributed by atoms with van der Waals surface area (Å²) < 4.78 is 5.66. The molecule has 0 heterocycles. The van der Waals surface area contributed by atoms with E-state index in [1.807, 2.05) is 25.2 Å². The second-order valence-electron chi connectivity index (χ2n) is 5.52. The Morgan fingerprint density at radius 3 is 2.67 bits per heavy atom. The van der Waals surface area contributed by atoms with Crippen LogP contribution in [0.1, 0.15) is 37.7 Å². The van der Waals surface area contributed by atoms with Gasteiger partial charge in [0.05, 0.1) is 13.2 Å². The molecule has 0 saturated heterocycles. The van der Waals surface area contributed by atoms with Crippen LogP contribution in [0.3, 0.4) is 0 Å². The molecule has 0 aromatic heterocycles. The molecule has 2 N–H and O–H groups in total. The van der Waals surface area contributed by atoms with Crippen molar-refractivity contribution in [1.82, 2.24) is 10.6 Å². The molecule has 0 radical (unpaired) electrons. The van der Waals surface area contributed by atoms with Gasteiger partial charge in [-0.25, -0.2) is 0 Å². The Morgan fingerprint density at radius 1 is 1.19 bits per heavy atom. The maximum Gasteiger partial charge on any atom is 0.191 e. The van der Waals surface area contributed by atoms with Gasteiger partial charge >= 0.3 is 0 Å². The Balaban J connectivity index is 1.58. The molecule has 0 unspecified atom stereocenters.